The third kappa shape index (κ3) is 3.70. The maximum Gasteiger partial charge on any atom is 0.270 e. The molecule has 0 aliphatic carbocycles. The molecule has 0 amide bonds. The summed E-state index contributed by atoms with van der Waals surface area (Å²) in [5.41, 5.74) is 5.33. The maximum atomic E-state index is 10.8. The van der Waals surface area contributed by atoms with E-state index in [2.05, 4.69) is 0 Å². The number of hydrogen-bond donors (Lipinski definition) is 1. The van der Waals surface area contributed by atoms with E-state index < -0.39 is 4.92 Å². The Balaban J connectivity index is 2.42. The first-order valence-electron chi connectivity index (χ1n) is 6.77. The van der Waals surface area contributed by atoms with Gasteiger partial charge in [-0.3, -0.25) is 10.1 Å². The zero-order chi connectivity index (χ0) is 18.4. The highest BCUT2D eigenvalue weighted by molar-refractivity contribution is 5.67. The summed E-state index contributed by atoms with van der Waals surface area (Å²) in [6.45, 7) is 0. The Labute approximate surface area is 142 Å². The summed E-state index contributed by atoms with van der Waals surface area (Å²) in [6, 6.07) is 14.0. The van der Waals surface area contributed by atoms with Gasteiger partial charge in [-0.1, -0.05) is 12.1 Å². The van der Waals surface area contributed by atoms with Crippen LogP contribution in [0.2, 0.25) is 0 Å². The van der Waals surface area contributed by atoms with Crippen molar-refractivity contribution in [3.63, 3.8) is 0 Å². The van der Waals surface area contributed by atoms with E-state index in [9.17, 15) is 10.1 Å². The molecule has 0 spiro atoms. The van der Waals surface area contributed by atoms with Crippen molar-refractivity contribution in [3.05, 3.63) is 69.1 Å². The molecule has 1 aromatic heterocycles. The van der Waals surface area contributed by atoms with Crippen LogP contribution in [0.3, 0.4) is 0 Å². The van der Waals surface area contributed by atoms with Crippen molar-refractivity contribution in [1.82, 2.24) is 0 Å². The smallest absolute Gasteiger partial charge is 0.270 e. The minimum Gasteiger partial charge on any atom is -0.457 e. The summed E-state index contributed by atoms with van der Waals surface area (Å²) in [4.78, 5) is 10.3. The fourth-order valence-corrected chi connectivity index (χ4v) is 1.95. The van der Waals surface area contributed by atoms with E-state index in [0.717, 1.165) is 0 Å². The summed E-state index contributed by atoms with van der Waals surface area (Å²) < 4.78 is 5.54. The molecule has 0 aliphatic rings. The molecular weight excluding hydrogens is 322 g/mol. The van der Waals surface area contributed by atoms with Crippen LogP contribution in [0.15, 0.2) is 57.7 Å². The van der Waals surface area contributed by atoms with Gasteiger partial charge in [-0.2, -0.15) is 15.8 Å². The van der Waals surface area contributed by atoms with Crippen molar-refractivity contribution < 1.29 is 9.34 Å². The lowest BCUT2D eigenvalue weighted by molar-refractivity contribution is -0.384. The van der Waals surface area contributed by atoms with E-state index in [4.69, 9.17) is 25.9 Å². The normalized spacial score (nSPS) is 10.2. The monoisotopic (exact) mass is 331 g/mol. The number of nitro groups is 1. The Morgan fingerprint density at radius 2 is 1.88 bits per heavy atom. The van der Waals surface area contributed by atoms with E-state index in [1.165, 1.54) is 30.3 Å². The number of allylic oxidation sites excluding steroid dienone is 2. The third-order valence-corrected chi connectivity index (χ3v) is 3.16. The van der Waals surface area contributed by atoms with Crippen LogP contribution in [0, 0.1) is 44.1 Å². The van der Waals surface area contributed by atoms with E-state index >= 15 is 0 Å². The first kappa shape index (κ1) is 17.0. The fourth-order valence-electron chi connectivity index (χ4n) is 1.95. The molecule has 8 nitrogen and oxygen atoms in total. The Bertz CT molecular complexity index is 1010. The van der Waals surface area contributed by atoms with Gasteiger partial charge >= 0.3 is 0 Å². The van der Waals surface area contributed by atoms with Gasteiger partial charge in [-0.15, -0.1) is 0 Å². The van der Waals surface area contributed by atoms with Crippen molar-refractivity contribution >= 4 is 11.8 Å². The largest absolute Gasteiger partial charge is 0.457 e. The lowest BCUT2D eigenvalue weighted by Gasteiger charge is -1.98. The quantitative estimate of drug-likeness (QED) is 0.391. The SMILES string of the molecule is N#CC(=Cc1ccc(-c2cccc([N+](=O)[O-])c2)o1)C(N)=C(C#N)C#N. The van der Waals surface area contributed by atoms with Gasteiger partial charge in [0.15, 0.2) is 5.57 Å². The van der Waals surface area contributed by atoms with Crippen LogP contribution in [0.1, 0.15) is 5.76 Å². The van der Waals surface area contributed by atoms with Gasteiger partial charge < -0.3 is 10.2 Å². The second-order valence-electron chi connectivity index (χ2n) is 4.69. The average molecular weight is 331 g/mol. The second kappa shape index (κ2) is 7.28. The minimum atomic E-state index is -0.516. The summed E-state index contributed by atoms with van der Waals surface area (Å²) in [6.07, 6.45) is 1.28. The first-order chi connectivity index (χ1) is 12.0. The van der Waals surface area contributed by atoms with Crippen LogP contribution < -0.4 is 5.73 Å². The third-order valence-electron chi connectivity index (χ3n) is 3.16. The van der Waals surface area contributed by atoms with Crippen molar-refractivity contribution in [1.29, 1.82) is 15.8 Å². The molecule has 8 heteroatoms. The zero-order valence-electron chi connectivity index (χ0n) is 12.6. The number of nitrogens with zero attached hydrogens (tertiary/aromatic N) is 4. The van der Waals surface area contributed by atoms with Gasteiger partial charge in [0.05, 0.1) is 16.2 Å². The zero-order valence-corrected chi connectivity index (χ0v) is 12.6. The molecule has 1 heterocycles. The van der Waals surface area contributed by atoms with E-state index in [1.54, 1.807) is 30.3 Å². The first-order valence-corrected chi connectivity index (χ1v) is 6.77. The lowest BCUT2D eigenvalue weighted by Crippen LogP contribution is -2.03. The van der Waals surface area contributed by atoms with Crippen LogP contribution in [0.5, 0.6) is 0 Å². The van der Waals surface area contributed by atoms with Crippen molar-refractivity contribution in [2.24, 2.45) is 5.73 Å². The molecule has 0 unspecified atom stereocenters. The highest BCUT2D eigenvalue weighted by Gasteiger charge is 2.12. The maximum absolute atomic E-state index is 10.8. The molecule has 2 N–H and O–H groups in total. The highest BCUT2D eigenvalue weighted by atomic mass is 16.6. The fraction of sp³-hybridized carbons (Fsp3) is 0. The highest BCUT2D eigenvalue weighted by Crippen LogP contribution is 2.27. The molecule has 25 heavy (non-hydrogen) atoms. The van der Waals surface area contributed by atoms with Crippen molar-refractivity contribution in [2.75, 3.05) is 0 Å². The van der Waals surface area contributed by atoms with Gasteiger partial charge in [-0.05, 0) is 12.1 Å². The summed E-state index contributed by atoms with van der Waals surface area (Å²) in [5.74, 6) is 0.604. The molecule has 0 saturated heterocycles. The topological polar surface area (TPSA) is 154 Å². The molecule has 2 aromatic rings. The molecule has 0 atom stereocenters. The Kier molecular flexibility index (Phi) is 4.95. The van der Waals surface area contributed by atoms with Gasteiger partial charge in [0.2, 0.25) is 0 Å². The minimum absolute atomic E-state index is 0.0800. The molecule has 1 aromatic carbocycles. The van der Waals surface area contributed by atoms with Gasteiger partial charge in [0, 0.05) is 23.8 Å². The van der Waals surface area contributed by atoms with E-state index in [1.807, 2.05) is 0 Å². The summed E-state index contributed by atoms with van der Waals surface area (Å²) >= 11 is 0. The van der Waals surface area contributed by atoms with Gasteiger partial charge in [0.1, 0.15) is 29.7 Å². The summed E-state index contributed by atoms with van der Waals surface area (Å²) in [7, 11) is 0. The van der Waals surface area contributed by atoms with Crippen LogP contribution >= 0.6 is 0 Å². The average Bonchev–Trinajstić information content (AvgIpc) is 3.09. The molecular formula is C17H9N5O3. The molecule has 0 radical (unpaired) electrons. The molecule has 2 rings (SSSR count). The number of nitrogens with two attached hydrogens (primary N) is 1. The number of benzene rings is 1. The Hall–Kier alpha value is -4.35. The predicted octanol–water partition coefficient (Wildman–Crippen LogP) is 3.02. The molecule has 0 aliphatic heterocycles. The number of hydrogen-bond acceptors (Lipinski definition) is 7. The summed E-state index contributed by atoms with van der Waals surface area (Å²) in [5, 5.41) is 37.6. The van der Waals surface area contributed by atoms with Crippen LogP contribution in [-0.4, -0.2) is 4.92 Å². The van der Waals surface area contributed by atoms with Crippen LogP contribution in [-0.2, 0) is 0 Å². The van der Waals surface area contributed by atoms with E-state index in [0.29, 0.717) is 11.3 Å². The molecule has 0 bridgehead atoms. The Morgan fingerprint density at radius 1 is 1.16 bits per heavy atom. The number of nitriles is 3. The molecule has 0 fully saturated rings. The Morgan fingerprint density at radius 3 is 2.48 bits per heavy atom. The predicted molar refractivity (Wildman–Crippen MR) is 86.8 cm³/mol. The number of nitro benzene ring substituents is 1. The number of furan rings is 1. The van der Waals surface area contributed by atoms with Crippen molar-refractivity contribution in [3.8, 4) is 29.5 Å². The standard InChI is InChI=1S/C17H9N5O3/c18-8-12(17(21)13(9-19)10-20)7-15-4-5-16(25-15)11-2-1-3-14(6-11)22(23)24/h1-7H,21H2. The van der Waals surface area contributed by atoms with Crippen molar-refractivity contribution in [2.45, 2.75) is 0 Å². The molecule has 0 saturated carbocycles. The lowest BCUT2D eigenvalue weighted by atomic mass is 10.1. The van der Waals surface area contributed by atoms with Gasteiger partial charge in [-0.25, -0.2) is 0 Å². The second-order valence-corrected chi connectivity index (χ2v) is 4.69. The van der Waals surface area contributed by atoms with Gasteiger partial charge in [0.25, 0.3) is 5.69 Å². The number of rotatable bonds is 4. The van der Waals surface area contributed by atoms with Crippen LogP contribution in [0.25, 0.3) is 17.4 Å². The van der Waals surface area contributed by atoms with Crippen LogP contribution in [0.4, 0.5) is 5.69 Å². The number of non-ortho nitro benzene ring substituents is 1. The van der Waals surface area contributed by atoms with E-state index in [-0.39, 0.29) is 28.3 Å². The molecule has 120 valence electrons.